The Kier molecular flexibility index (Phi) is 5.19. The summed E-state index contributed by atoms with van der Waals surface area (Å²) >= 11 is -0.165. The fourth-order valence-corrected chi connectivity index (χ4v) is 2.62. The van der Waals surface area contributed by atoms with Crippen LogP contribution in [0, 0.1) is 0 Å². The van der Waals surface area contributed by atoms with Gasteiger partial charge in [-0.25, -0.2) is 13.4 Å². The second kappa shape index (κ2) is 5.92. The van der Waals surface area contributed by atoms with E-state index in [0.29, 0.717) is 5.82 Å². The summed E-state index contributed by atoms with van der Waals surface area (Å²) < 4.78 is 59.8. The average Bonchev–Trinajstić information content (AvgIpc) is 2.59. The molecule has 0 radical (unpaired) electrons. The molecule has 19 heavy (non-hydrogen) atoms. The van der Waals surface area contributed by atoms with Crippen molar-refractivity contribution in [3.63, 3.8) is 0 Å². The molecule has 0 saturated heterocycles. The molecule has 1 heterocycles. The molecule has 0 aliphatic rings. The Morgan fingerprint density at radius 1 is 1.47 bits per heavy atom. The number of nitrogens with zero attached hydrogens (tertiary/aromatic N) is 2. The summed E-state index contributed by atoms with van der Waals surface area (Å²) in [6, 6.07) is 0. The number of hydrogen-bond acceptors (Lipinski definition) is 4. The highest BCUT2D eigenvalue weighted by Crippen LogP contribution is 2.30. The Labute approximate surface area is 117 Å². The SMILES string of the molecule is CC(C)c1nc(S(=O)(=O)Cl)cn1CCSC(F)(F)F. The van der Waals surface area contributed by atoms with Gasteiger partial charge in [-0.1, -0.05) is 13.8 Å². The molecule has 0 bridgehead atoms. The second-order valence-corrected chi connectivity index (χ2v) is 7.69. The molecule has 0 unspecified atom stereocenters. The molecule has 0 amide bonds. The molecule has 1 aromatic rings. The zero-order valence-electron chi connectivity index (χ0n) is 10.1. The lowest BCUT2D eigenvalue weighted by atomic mass is 10.2. The number of halogens is 4. The third-order valence-corrected chi connectivity index (χ3v) is 4.03. The summed E-state index contributed by atoms with van der Waals surface area (Å²) in [5.74, 6) is 0.0477. The Hall–Kier alpha value is -0.410. The van der Waals surface area contributed by atoms with E-state index in [9.17, 15) is 21.6 Å². The maximum Gasteiger partial charge on any atom is 0.441 e. The van der Waals surface area contributed by atoms with Gasteiger partial charge in [0.2, 0.25) is 0 Å². The number of hydrogen-bond donors (Lipinski definition) is 0. The van der Waals surface area contributed by atoms with Gasteiger partial charge in [0.05, 0.1) is 0 Å². The van der Waals surface area contributed by atoms with Crippen LogP contribution in [0.4, 0.5) is 13.2 Å². The summed E-state index contributed by atoms with van der Waals surface area (Å²) in [4.78, 5) is 3.85. The largest absolute Gasteiger partial charge is 0.441 e. The Bertz CT molecular complexity index is 540. The van der Waals surface area contributed by atoms with Crippen molar-refractivity contribution < 1.29 is 21.6 Å². The van der Waals surface area contributed by atoms with Crippen LogP contribution in [0.2, 0.25) is 0 Å². The van der Waals surface area contributed by atoms with Crippen LogP contribution in [0.1, 0.15) is 25.6 Å². The minimum Gasteiger partial charge on any atom is -0.332 e. The summed E-state index contributed by atoms with van der Waals surface area (Å²) in [5.41, 5.74) is -4.31. The summed E-state index contributed by atoms with van der Waals surface area (Å²) in [6.07, 6.45) is 1.16. The van der Waals surface area contributed by atoms with Gasteiger partial charge >= 0.3 is 5.51 Å². The van der Waals surface area contributed by atoms with Gasteiger partial charge < -0.3 is 4.57 Å². The van der Waals surface area contributed by atoms with E-state index in [2.05, 4.69) is 4.98 Å². The minimum atomic E-state index is -4.31. The van der Waals surface area contributed by atoms with Crippen LogP contribution in [0.5, 0.6) is 0 Å². The topological polar surface area (TPSA) is 52.0 Å². The lowest BCUT2D eigenvalue weighted by Gasteiger charge is -2.10. The lowest BCUT2D eigenvalue weighted by molar-refractivity contribution is -0.0328. The zero-order chi connectivity index (χ0) is 14.8. The molecule has 1 aromatic heterocycles. The smallest absolute Gasteiger partial charge is 0.332 e. The van der Waals surface area contributed by atoms with E-state index in [1.54, 1.807) is 13.8 Å². The number of thioether (sulfide) groups is 1. The highest BCUT2D eigenvalue weighted by atomic mass is 35.7. The fraction of sp³-hybridized carbons (Fsp3) is 0.667. The standard InChI is InChI=1S/C9H12ClF3N2O2S2/c1-6(2)8-14-7(19(10,16)17)5-15(8)3-4-18-9(11,12)13/h5-6H,3-4H2,1-2H3. The molecule has 110 valence electrons. The highest BCUT2D eigenvalue weighted by molar-refractivity contribution is 8.13. The Morgan fingerprint density at radius 2 is 2.05 bits per heavy atom. The summed E-state index contributed by atoms with van der Waals surface area (Å²) in [6.45, 7) is 3.54. The third kappa shape index (κ3) is 5.23. The van der Waals surface area contributed by atoms with E-state index in [0.717, 1.165) is 6.20 Å². The molecular weight excluding hydrogens is 325 g/mol. The van der Waals surface area contributed by atoms with Crippen molar-refractivity contribution in [2.75, 3.05) is 5.75 Å². The van der Waals surface area contributed by atoms with Gasteiger partial charge in [0.25, 0.3) is 9.05 Å². The first-order chi connectivity index (χ1) is 8.50. The first-order valence-electron chi connectivity index (χ1n) is 5.23. The van der Waals surface area contributed by atoms with Gasteiger partial charge in [0.1, 0.15) is 5.82 Å². The van der Waals surface area contributed by atoms with Crippen LogP contribution >= 0.6 is 22.4 Å². The van der Waals surface area contributed by atoms with Gasteiger partial charge in [-0.2, -0.15) is 13.2 Å². The molecular formula is C9H12ClF3N2O2S2. The van der Waals surface area contributed by atoms with E-state index < -0.39 is 14.6 Å². The van der Waals surface area contributed by atoms with Gasteiger partial charge in [-0.15, -0.1) is 0 Å². The lowest BCUT2D eigenvalue weighted by Crippen LogP contribution is -2.09. The third-order valence-electron chi connectivity index (χ3n) is 2.15. The highest BCUT2D eigenvalue weighted by Gasteiger charge is 2.28. The number of rotatable bonds is 5. The van der Waals surface area contributed by atoms with Gasteiger partial charge in [0.15, 0.2) is 5.03 Å². The number of imidazole rings is 1. The maximum absolute atomic E-state index is 12.0. The molecule has 0 atom stereocenters. The van der Waals surface area contributed by atoms with Crippen molar-refractivity contribution in [1.29, 1.82) is 0 Å². The average molecular weight is 337 g/mol. The van der Waals surface area contributed by atoms with Crippen molar-refractivity contribution in [1.82, 2.24) is 9.55 Å². The molecule has 10 heteroatoms. The van der Waals surface area contributed by atoms with Crippen molar-refractivity contribution in [2.24, 2.45) is 0 Å². The first kappa shape index (κ1) is 16.6. The number of aryl methyl sites for hydroxylation is 1. The molecule has 0 aliphatic heterocycles. The van der Waals surface area contributed by atoms with Crippen molar-refractivity contribution in [2.45, 2.75) is 36.8 Å². The van der Waals surface area contributed by atoms with Crippen LogP contribution in [-0.4, -0.2) is 29.2 Å². The fourth-order valence-electron chi connectivity index (χ4n) is 1.42. The van der Waals surface area contributed by atoms with Gasteiger partial charge in [0, 0.05) is 35.1 Å². The van der Waals surface area contributed by atoms with Crippen molar-refractivity contribution in [3.05, 3.63) is 12.0 Å². The quantitative estimate of drug-likeness (QED) is 0.775. The molecule has 0 N–H and O–H groups in total. The molecule has 0 spiro atoms. The predicted octanol–water partition coefficient (Wildman–Crippen LogP) is 3.19. The van der Waals surface area contributed by atoms with Gasteiger partial charge in [-0.3, -0.25) is 0 Å². The van der Waals surface area contributed by atoms with Crippen LogP contribution in [0.3, 0.4) is 0 Å². The summed E-state index contributed by atoms with van der Waals surface area (Å²) in [5, 5.41) is -0.338. The van der Waals surface area contributed by atoms with Crippen molar-refractivity contribution in [3.8, 4) is 0 Å². The molecule has 0 fully saturated rings. The first-order valence-corrected chi connectivity index (χ1v) is 8.52. The monoisotopic (exact) mass is 336 g/mol. The number of aromatic nitrogens is 2. The Balaban J connectivity index is 2.90. The van der Waals surface area contributed by atoms with Gasteiger partial charge in [-0.05, 0) is 11.8 Å². The van der Waals surface area contributed by atoms with E-state index in [1.807, 2.05) is 0 Å². The molecule has 0 aliphatic carbocycles. The van der Waals surface area contributed by atoms with E-state index in [4.69, 9.17) is 10.7 Å². The van der Waals surface area contributed by atoms with Crippen molar-refractivity contribution >= 4 is 31.5 Å². The molecule has 0 aromatic carbocycles. The van der Waals surface area contributed by atoms with Crippen LogP contribution in [0.15, 0.2) is 11.2 Å². The molecule has 0 saturated carbocycles. The van der Waals surface area contributed by atoms with E-state index >= 15 is 0 Å². The summed E-state index contributed by atoms with van der Waals surface area (Å²) in [7, 11) is 1.19. The number of alkyl halides is 3. The minimum absolute atomic E-state index is 0.0110. The van der Waals surface area contributed by atoms with Crippen LogP contribution in [-0.2, 0) is 15.6 Å². The van der Waals surface area contributed by atoms with Crippen LogP contribution < -0.4 is 0 Å². The molecule has 4 nitrogen and oxygen atoms in total. The van der Waals surface area contributed by atoms with Crippen LogP contribution in [0.25, 0.3) is 0 Å². The molecule has 1 rings (SSSR count). The normalized spacial score (nSPS) is 13.2. The zero-order valence-corrected chi connectivity index (χ0v) is 12.5. The van der Waals surface area contributed by atoms with E-state index in [1.165, 1.54) is 4.57 Å². The Morgan fingerprint density at radius 3 is 2.47 bits per heavy atom. The maximum atomic E-state index is 12.0. The predicted molar refractivity (Wildman–Crippen MR) is 67.9 cm³/mol. The van der Waals surface area contributed by atoms with E-state index in [-0.39, 0.29) is 35.0 Å². The second-order valence-electron chi connectivity index (χ2n) is 4.02.